The molecule has 1 aliphatic heterocycles. The molecule has 0 bridgehead atoms. The number of carboxylic acid groups (broad SMARTS) is 1. The third kappa shape index (κ3) is 3.69. The fourth-order valence-corrected chi connectivity index (χ4v) is 4.11. The Morgan fingerprint density at radius 2 is 2.07 bits per heavy atom. The van der Waals surface area contributed by atoms with Crippen molar-refractivity contribution in [2.24, 2.45) is 0 Å². The third-order valence-electron chi connectivity index (χ3n) is 5.60. The van der Waals surface area contributed by atoms with E-state index in [1.165, 1.54) is 34.0 Å². The molecule has 0 saturated carbocycles. The van der Waals surface area contributed by atoms with Crippen molar-refractivity contribution >= 4 is 5.97 Å². The van der Waals surface area contributed by atoms with Crippen molar-refractivity contribution in [3.63, 3.8) is 0 Å². The van der Waals surface area contributed by atoms with Gasteiger partial charge in [-0.2, -0.15) is 0 Å². The van der Waals surface area contributed by atoms with Gasteiger partial charge in [0.15, 0.2) is 0 Å². The second kappa shape index (κ2) is 7.95. The molecule has 28 heavy (non-hydrogen) atoms. The summed E-state index contributed by atoms with van der Waals surface area (Å²) in [6.07, 6.45) is 5.76. The molecular weight excluding hydrogens is 348 g/mol. The van der Waals surface area contributed by atoms with Crippen molar-refractivity contribution < 1.29 is 9.90 Å². The lowest BCUT2D eigenvalue weighted by molar-refractivity contribution is 0.0695. The van der Waals surface area contributed by atoms with Gasteiger partial charge < -0.3 is 10.4 Å². The minimum atomic E-state index is -0.891. The maximum Gasteiger partial charge on any atom is 0.336 e. The van der Waals surface area contributed by atoms with Crippen LogP contribution in [0.25, 0.3) is 11.1 Å². The second-order valence-corrected chi connectivity index (χ2v) is 7.36. The van der Waals surface area contributed by atoms with E-state index in [0.717, 1.165) is 24.9 Å². The molecule has 1 aliphatic rings. The van der Waals surface area contributed by atoms with E-state index in [-0.39, 0.29) is 6.04 Å². The van der Waals surface area contributed by atoms with Gasteiger partial charge >= 0.3 is 5.97 Å². The molecule has 2 aromatic carbocycles. The monoisotopic (exact) mass is 372 g/mol. The number of aromatic nitrogens is 1. The van der Waals surface area contributed by atoms with Crippen LogP contribution in [0.4, 0.5) is 0 Å². The summed E-state index contributed by atoms with van der Waals surface area (Å²) in [6, 6.07) is 17.0. The van der Waals surface area contributed by atoms with Crippen LogP contribution in [-0.4, -0.2) is 22.6 Å². The number of nitrogens with zero attached hydrogens (tertiary/aromatic N) is 1. The highest BCUT2D eigenvalue weighted by Crippen LogP contribution is 2.32. The van der Waals surface area contributed by atoms with Gasteiger partial charge in [0.1, 0.15) is 0 Å². The summed E-state index contributed by atoms with van der Waals surface area (Å²) in [5.74, 6) is -0.891. The van der Waals surface area contributed by atoms with Crippen molar-refractivity contribution in [3.05, 3.63) is 88.7 Å². The molecule has 0 spiro atoms. The Hall–Kier alpha value is -2.98. The quantitative estimate of drug-likeness (QED) is 0.688. The molecule has 4 nitrogen and oxygen atoms in total. The molecule has 4 rings (SSSR count). The van der Waals surface area contributed by atoms with Crippen LogP contribution in [-0.2, 0) is 12.8 Å². The topological polar surface area (TPSA) is 62.2 Å². The van der Waals surface area contributed by atoms with Crippen LogP contribution in [0, 0.1) is 6.92 Å². The van der Waals surface area contributed by atoms with Gasteiger partial charge in [0, 0.05) is 18.4 Å². The number of aryl methyl sites for hydroxylation is 2. The highest BCUT2D eigenvalue weighted by molar-refractivity contribution is 5.89. The Morgan fingerprint density at radius 1 is 1.21 bits per heavy atom. The fourth-order valence-electron chi connectivity index (χ4n) is 4.11. The maximum atomic E-state index is 11.4. The maximum absolute atomic E-state index is 11.4. The van der Waals surface area contributed by atoms with Gasteiger partial charge in [-0.25, -0.2) is 4.79 Å². The van der Waals surface area contributed by atoms with Crippen molar-refractivity contribution in [3.8, 4) is 11.1 Å². The Bertz CT molecular complexity index is 1010. The minimum absolute atomic E-state index is 0.233. The number of carbonyl (C=O) groups is 1. The first-order valence-electron chi connectivity index (χ1n) is 9.72. The van der Waals surface area contributed by atoms with E-state index in [4.69, 9.17) is 0 Å². The van der Waals surface area contributed by atoms with Gasteiger partial charge in [-0.05, 0) is 72.2 Å². The molecule has 3 aromatic rings. The van der Waals surface area contributed by atoms with Crippen molar-refractivity contribution in [1.82, 2.24) is 10.3 Å². The lowest BCUT2D eigenvalue weighted by Gasteiger charge is -2.28. The summed E-state index contributed by atoms with van der Waals surface area (Å²) in [4.78, 5) is 15.5. The standard InChI is InChI=1S/C24H24N2O2/c1-16-4-2-3-5-20(16)17-6-8-21-18(14-17)10-13-26-23(21)9-7-19-15-25-12-11-22(19)24(27)28/h2-6,8,11-12,14-15,23,26H,7,9-10,13H2,1H3,(H,27,28)/t23-/m1/s1. The van der Waals surface area contributed by atoms with Crippen LogP contribution >= 0.6 is 0 Å². The summed E-state index contributed by atoms with van der Waals surface area (Å²) in [7, 11) is 0. The Balaban J connectivity index is 1.57. The number of hydrogen-bond donors (Lipinski definition) is 2. The second-order valence-electron chi connectivity index (χ2n) is 7.36. The van der Waals surface area contributed by atoms with Crippen LogP contribution in [0.1, 0.15) is 45.1 Å². The number of rotatable bonds is 5. The summed E-state index contributed by atoms with van der Waals surface area (Å²) >= 11 is 0. The van der Waals surface area contributed by atoms with Gasteiger partial charge in [0.2, 0.25) is 0 Å². The van der Waals surface area contributed by atoms with Gasteiger partial charge in [0.25, 0.3) is 0 Å². The lowest BCUT2D eigenvalue weighted by atomic mass is 9.87. The molecule has 1 atom stereocenters. The van der Waals surface area contributed by atoms with Crippen LogP contribution < -0.4 is 5.32 Å². The first kappa shape index (κ1) is 18.4. The zero-order valence-electron chi connectivity index (χ0n) is 16.0. The van der Waals surface area contributed by atoms with E-state index in [1.54, 1.807) is 12.3 Å². The highest BCUT2D eigenvalue weighted by atomic mass is 16.4. The number of benzene rings is 2. The van der Waals surface area contributed by atoms with E-state index in [9.17, 15) is 9.90 Å². The number of hydrogen-bond acceptors (Lipinski definition) is 3. The van der Waals surface area contributed by atoms with Crippen molar-refractivity contribution in [2.45, 2.75) is 32.2 Å². The van der Waals surface area contributed by atoms with E-state index >= 15 is 0 Å². The zero-order valence-corrected chi connectivity index (χ0v) is 16.0. The van der Waals surface area contributed by atoms with Crippen LogP contribution in [0.5, 0.6) is 0 Å². The third-order valence-corrected chi connectivity index (χ3v) is 5.60. The van der Waals surface area contributed by atoms with Crippen molar-refractivity contribution in [1.29, 1.82) is 0 Å². The van der Waals surface area contributed by atoms with Gasteiger partial charge in [-0.15, -0.1) is 0 Å². The Morgan fingerprint density at radius 3 is 2.89 bits per heavy atom. The normalized spacial score (nSPS) is 15.8. The molecule has 0 amide bonds. The predicted molar refractivity (Wildman–Crippen MR) is 111 cm³/mol. The molecule has 0 unspecified atom stereocenters. The largest absolute Gasteiger partial charge is 0.478 e. The number of aromatic carboxylic acids is 1. The summed E-state index contributed by atoms with van der Waals surface area (Å²) < 4.78 is 0. The smallest absolute Gasteiger partial charge is 0.336 e. The Labute approximate surface area is 165 Å². The van der Waals surface area contributed by atoms with Gasteiger partial charge in [0.05, 0.1) is 5.56 Å². The molecule has 0 fully saturated rings. The lowest BCUT2D eigenvalue weighted by Crippen LogP contribution is -2.30. The molecule has 1 aromatic heterocycles. The molecule has 4 heteroatoms. The van der Waals surface area contributed by atoms with Gasteiger partial charge in [-0.3, -0.25) is 4.98 Å². The van der Waals surface area contributed by atoms with Crippen LogP contribution in [0.15, 0.2) is 60.9 Å². The molecule has 0 aliphatic carbocycles. The zero-order chi connectivity index (χ0) is 19.5. The van der Waals surface area contributed by atoms with E-state index in [1.807, 2.05) is 0 Å². The first-order chi connectivity index (χ1) is 13.6. The molecule has 142 valence electrons. The predicted octanol–water partition coefficient (Wildman–Crippen LogP) is 4.57. The molecule has 2 heterocycles. The number of fused-ring (bicyclic) bond motifs is 1. The van der Waals surface area contributed by atoms with E-state index in [0.29, 0.717) is 12.0 Å². The molecule has 0 radical (unpaired) electrons. The number of carboxylic acids is 1. The number of pyridine rings is 1. The highest BCUT2D eigenvalue weighted by Gasteiger charge is 2.21. The van der Waals surface area contributed by atoms with E-state index < -0.39 is 5.97 Å². The fraction of sp³-hybridized carbons (Fsp3) is 0.250. The average Bonchev–Trinajstić information content (AvgIpc) is 2.72. The van der Waals surface area contributed by atoms with Crippen molar-refractivity contribution in [2.75, 3.05) is 6.54 Å². The SMILES string of the molecule is Cc1ccccc1-c1ccc2c(c1)CCN[C@@H]2CCc1cnccc1C(=O)O. The Kier molecular flexibility index (Phi) is 5.22. The average molecular weight is 372 g/mol. The van der Waals surface area contributed by atoms with Gasteiger partial charge in [-0.1, -0.05) is 42.5 Å². The molecular formula is C24H24N2O2. The summed E-state index contributed by atoms with van der Waals surface area (Å²) in [5.41, 5.74) is 7.67. The molecule has 2 N–H and O–H groups in total. The summed E-state index contributed by atoms with van der Waals surface area (Å²) in [5, 5.41) is 13.0. The number of nitrogens with one attached hydrogen (secondary N) is 1. The van der Waals surface area contributed by atoms with Crippen LogP contribution in [0.3, 0.4) is 0 Å². The summed E-state index contributed by atoms with van der Waals surface area (Å²) in [6.45, 7) is 3.08. The van der Waals surface area contributed by atoms with E-state index in [2.05, 4.69) is 59.7 Å². The first-order valence-corrected chi connectivity index (χ1v) is 9.72. The minimum Gasteiger partial charge on any atom is -0.478 e. The van der Waals surface area contributed by atoms with Crippen LogP contribution in [0.2, 0.25) is 0 Å². The molecule has 0 saturated heterocycles.